The van der Waals surface area contributed by atoms with Crippen LogP contribution in [0, 0.1) is 0 Å². The van der Waals surface area contributed by atoms with Gasteiger partial charge in [0.15, 0.2) is 0 Å². The first-order valence-electron chi connectivity index (χ1n) is 5.41. The second-order valence-corrected chi connectivity index (χ2v) is 11.9. The number of hydrogen-bond donors (Lipinski definition) is 0. The number of hydrogen-bond acceptors (Lipinski definition) is 0. The van der Waals surface area contributed by atoms with Crippen LogP contribution in [0.4, 0.5) is 0 Å². The van der Waals surface area contributed by atoms with Gasteiger partial charge in [-0.1, -0.05) is 0 Å². The van der Waals surface area contributed by atoms with E-state index < -0.39 is 23.2 Å². The molecule has 0 aromatic rings. The van der Waals surface area contributed by atoms with Crippen molar-refractivity contribution in [1.29, 1.82) is 0 Å². The van der Waals surface area contributed by atoms with Crippen LogP contribution < -0.4 is 0 Å². The number of rotatable bonds is 2. The summed E-state index contributed by atoms with van der Waals surface area (Å²) in [6, 6.07) is 0. The Morgan fingerprint density at radius 1 is 1.24 bits per heavy atom. The van der Waals surface area contributed by atoms with Crippen molar-refractivity contribution in [2.75, 3.05) is 0 Å². The summed E-state index contributed by atoms with van der Waals surface area (Å²) in [6.45, 7) is 9.42. The molecule has 0 bridgehead atoms. The molecule has 0 amide bonds. The molecule has 1 aliphatic carbocycles. The molecule has 2 aliphatic rings. The molecule has 2 rings (SSSR count). The Hall–Kier alpha value is 0.853. The molecule has 0 aromatic heterocycles. The van der Waals surface area contributed by atoms with Crippen LogP contribution in [0.5, 0.6) is 0 Å². The second kappa shape index (κ2) is 6.86. The SMILES string of the molecule is CC1=P[C](C)([Zr][C]2=CC=CC2)C(C)=C1C.Cl.Cl. The van der Waals surface area contributed by atoms with Crippen LogP contribution in [0.15, 0.2) is 32.7 Å². The summed E-state index contributed by atoms with van der Waals surface area (Å²) in [6.07, 6.45) is 8.13. The Bertz CT molecular complexity index is 421. The van der Waals surface area contributed by atoms with Crippen LogP contribution >= 0.6 is 33.0 Å². The van der Waals surface area contributed by atoms with E-state index in [1.807, 2.05) is 0 Å². The molecule has 0 fully saturated rings. The first kappa shape index (κ1) is 17.9. The average molecular weight is 368 g/mol. The zero-order valence-electron chi connectivity index (χ0n) is 10.7. The van der Waals surface area contributed by atoms with Crippen molar-refractivity contribution in [2.24, 2.45) is 0 Å². The summed E-state index contributed by atoms with van der Waals surface area (Å²) >= 11 is -0.440. The van der Waals surface area contributed by atoms with Gasteiger partial charge in [0.1, 0.15) is 0 Å². The van der Waals surface area contributed by atoms with Gasteiger partial charge in [0.2, 0.25) is 0 Å². The molecule has 1 aliphatic heterocycles. The average Bonchev–Trinajstić information content (AvgIpc) is 2.72. The Morgan fingerprint density at radius 2 is 1.88 bits per heavy atom. The maximum absolute atomic E-state index is 2.48. The summed E-state index contributed by atoms with van der Waals surface area (Å²) in [5.41, 5.74) is 3.24. The van der Waals surface area contributed by atoms with Crippen LogP contribution in [0.25, 0.3) is 0 Å². The molecular formula is C13H19Cl2PZr. The van der Waals surface area contributed by atoms with E-state index in [2.05, 4.69) is 45.9 Å². The molecule has 0 aromatic carbocycles. The Labute approximate surface area is 130 Å². The third-order valence-corrected chi connectivity index (χ3v) is 10.2. The topological polar surface area (TPSA) is 0 Å². The Balaban J connectivity index is 0.00000128. The number of halogens is 2. The quantitative estimate of drug-likeness (QED) is 0.605. The van der Waals surface area contributed by atoms with Crippen LogP contribution in [0.3, 0.4) is 0 Å². The van der Waals surface area contributed by atoms with E-state index in [1.54, 1.807) is 27.9 Å². The van der Waals surface area contributed by atoms with Crippen molar-refractivity contribution in [3.05, 3.63) is 32.7 Å². The molecule has 4 heteroatoms. The standard InChI is InChI=1S/C8H12P.C5H5.2ClH.Zr/c1-5-6(2)8(4)9-7(5)3;1-2-4-5-3-1;;;/h1-4H3;1-3H,4H2;2*1H;. The van der Waals surface area contributed by atoms with Crippen LogP contribution in [0.2, 0.25) is 0 Å². The monoisotopic (exact) mass is 366 g/mol. The molecule has 0 spiro atoms. The van der Waals surface area contributed by atoms with Gasteiger partial charge in [-0.2, -0.15) is 0 Å². The van der Waals surface area contributed by atoms with Crippen molar-refractivity contribution in [3.63, 3.8) is 0 Å². The van der Waals surface area contributed by atoms with E-state index in [1.165, 1.54) is 6.42 Å². The molecule has 17 heavy (non-hydrogen) atoms. The zero-order valence-corrected chi connectivity index (χ0v) is 15.7. The van der Waals surface area contributed by atoms with Crippen molar-refractivity contribution < 1.29 is 23.2 Å². The minimum absolute atomic E-state index is 0. The van der Waals surface area contributed by atoms with Gasteiger partial charge in [0.25, 0.3) is 0 Å². The molecule has 0 radical (unpaired) electrons. The van der Waals surface area contributed by atoms with Gasteiger partial charge in [-0.05, 0) is 0 Å². The third kappa shape index (κ3) is 3.66. The molecule has 1 atom stereocenters. The van der Waals surface area contributed by atoms with E-state index in [9.17, 15) is 0 Å². The second-order valence-electron chi connectivity index (χ2n) is 4.47. The maximum Gasteiger partial charge on any atom is -0.147 e. The molecule has 94 valence electrons. The maximum atomic E-state index is 2.48. The first-order chi connectivity index (χ1) is 7.03. The predicted octanol–water partition coefficient (Wildman–Crippen LogP) is 4.96. The summed E-state index contributed by atoms with van der Waals surface area (Å²) in [7, 11) is 1.59. The van der Waals surface area contributed by atoms with Gasteiger partial charge >= 0.3 is 106 Å². The molecule has 0 nitrogen and oxygen atoms in total. The van der Waals surface area contributed by atoms with Crippen LogP contribution in [0.1, 0.15) is 34.1 Å². The summed E-state index contributed by atoms with van der Waals surface area (Å²) in [5, 5.41) is 1.60. The fourth-order valence-electron chi connectivity index (χ4n) is 2.11. The fraction of sp³-hybridized carbons (Fsp3) is 0.462. The minimum Gasteiger partial charge on any atom is -0.147 e. The van der Waals surface area contributed by atoms with Gasteiger partial charge in [-0.15, -0.1) is 24.8 Å². The van der Waals surface area contributed by atoms with Gasteiger partial charge in [0.05, 0.1) is 0 Å². The summed E-state index contributed by atoms with van der Waals surface area (Å²) in [5.74, 6) is 0. The summed E-state index contributed by atoms with van der Waals surface area (Å²) < 4.78 is 2.30. The van der Waals surface area contributed by atoms with Crippen molar-refractivity contribution in [2.45, 2.75) is 37.0 Å². The van der Waals surface area contributed by atoms with E-state index in [0.717, 1.165) is 0 Å². The normalized spacial score (nSPS) is 27.1. The largest absolute Gasteiger partial charge is 0.147 e. The first-order valence-corrected chi connectivity index (χ1v) is 8.77. The van der Waals surface area contributed by atoms with Crippen LogP contribution in [-0.2, 0) is 23.2 Å². The molecule has 0 saturated carbocycles. The van der Waals surface area contributed by atoms with Crippen LogP contribution in [-0.4, -0.2) is 8.16 Å². The smallest absolute Gasteiger partial charge is 0.147 e. The predicted molar refractivity (Wildman–Crippen MR) is 80.7 cm³/mol. The van der Waals surface area contributed by atoms with E-state index in [-0.39, 0.29) is 24.8 Å². The third-order valence-electron chi connectivity index (χ3n) is 3.40. The Kier molecular flexibility index (Phi) is 7.20. The van der Waals surface area contributed by atoms with E-state index in [0.29, 0.717) is 2.86 Å². The zero-order chi connectivity index (χ0) is 11.1. The van der Waals surface area contributed by atoms with Crippen molar-refractivity contribution in [3.8, 4) is 0 Å². The summed E-state index contributed by atoms with van der Waals surface area (Å²) in [4.78, 5) is 0. The number of allylic oxidation sites excluding steroid dienone is 6. The molecular weight excluding hydrogens is 349 g/mol. The molecule has 0 saturated heterocycles. The van der Waals surface area contributed by atoms with Gasteiger partial charge in [0, 0.05) is 0 Å². The molecule has 1 heterocycles. The van der Waals surface area contributed by atoms with Crippen molar-refractivity contribution in [1.82, 2.24) is 0 Å². The van der Waals surface area contributed by atoms with E-state index >= 15 is 0 Å². The molecule has 1 unspecified atom stereocenters. The van der Waals surface area contributed by atoms with Gasteiger partial charge in [-0.3, -0.25) is 0 Å². The van der Waals surface area contributed by atoms with Gasteiger partial charge in [-0.25, -0.2) is 0 Å². The minimum atomic E-state index is -0.440. The molecule has 0 N–H and O–H groups in total. The fourth-order valence-corrected chi connectivity index (χ4v) is 9.45. The van der Waals surface area contributed by atoms with Crippen molar-refractivity contribution >= 4 is 38.3 Å². The van der Waals surface area contributed by atoms with E-state index in [4.69, 9.17) is 0 Å². The van der Waals surface area contributed by atoms with Gasteiger partial charge < -0.3 is 0 Å². The Morgan fingerprint density at radius 3 is 2.29 bits per heavy atom.